The van der Waals surface area contributed by atoms with Gasteiger partial charge in [-0.1, -0.05) is 109 Å². The Bertz CT molecular complexity index is 5350. The maximum atomic E-state index is 15.0. The standard InChI is InChI=1S/C85H115N13O24S6.3K/c1-54(2)46-63-78(105)94-66(51-73(86)100)81(108)95-67(53-124-123-43-37-76(103)90-64(48-56-29-31-57(99)32-30-56)79(106)93-65(80(107)92-63)47-55-22-9-6-10-23-55)83(110)98-42-21-25-70(98)82(109)91-62(77(104)89-52-74(87)101)24-14-16-39-88-75(102)28-13-8-15-38-85(5)61-50-59(128(120,121)122)34-36-69(61)97(41-18-20-45-126(114,115)116)72(85)27-12-7-11-26-71-84(3,4)60-49-58(127(117,118)119)33-35-68(60)96(71)40-17-19-44-125(111,112)113;;;/h6-7,9-12,22-23,26-27,29-36,49-50,54,62-67,70H,8,13-21,24-25,28,37-48,51-53H2,1-5H3,(H16-,86,87,88,89,90,91,92,93,94,95,99,100,101,102,103,104,105,106,107,108,109,111,112,113,114,115,116,117,118,119,120,121,122);;;/q;3*+1/p-3/t62-,63-,64-,65-,66-,67-,70-,85?;;;/m0.../s1. The molecule has 1 unspecified atom stereocenters. The van der Waals surface area contributed by atoms with E-state index in [0.717, 1.165) is 27.7 Å². The van der Waals surface area contributed by atoms with Crippen LogP contribution in [-0.4, -0.2) is 235 Å². The Morgan fingerprint density at radius 1 is 0.641 bits per heavy atom. The molecule has 4 aromatic rings. The second-order valence-electron chi connectivity index (χ2n) is 33.1. The predicted molar refractivity (Wildman–Crippen MR) is 474 cm³/mol. The fraction of sp³-hybridized carbons (Fsp3) is 0.506. The number of benzene rings is 4. The zero-order valence-corrected chi connectivity index (χ0v) is 89.0. The summed E-state index contributed by atoms with van der Waals surface area (Å²) in [5.74, 6) is -10.6. The number of allylic oxidation sites excluding steroid dienone is 6. The Kier molecular flexibility index (Phi) is 48.1. The number of aromatic hydroxyl groups is 1. The number of carbonyl (C=O) groups excluding carboxylic acids is 11. The van der Waals surface area contributed by atoms with Crippen LogP contribution < -0.4 is 213 Å². The SMILES string of the molecule is CC(C)C[C@@H]1NC(=O)[C@H](Cc2ccccc2)NC(=O)[C@H](Cc2ccc(O)cc2)NC(=O)CCSSC[C@@H](C(=O)N2CCC[C@H]2C(=O)N[C@@H](CCCCNC(=O)CCCCCC2(C)/C(=C/C=C/C=C/C3=[N+](CCCCS(=O)(=O)[O-])c4ccc(S(=O)(=O)[O-])cc4C3(C)C)N(CCCCS(=O)(=O)[O-])c3ccc(S(=O)(=O)[O-])cc32)C(=O)NCC(N)=O)NC(=O)[C@H](CC(N)=O)NC1=O.[K+].[K+].[K+]. The van der Waals surface area contributed by atoms with Crippen LogP contribution in [0.1, 0.15) is 166 Å². The third kappa shape index (κ3) is 36.6. The second-order valence-corrected chi connectivity index (χ2v) is 41.5. The molecule has 4 aliphatic rings. The van der Waals surface area contributed by atoms with Gasteiger partial charge in [-0.15, -0.1) is 0 Å². The smallest absolute Gasteiger partial charge is 0.748 e. The first kappa shape index (κ1) is 116. The minimum atomic E-state index is -5.01. The molecule has 0 aromatic heterocycles. The first-order valence-corrected chi connectivity index (χ1v) is 50.5. The summed E-state index contributed by atoms with van der Waals surface area (Å²) in [5, 5.41) is 31.4. The van der Waals surface area contributed by atoms with Crippen molar-refractivity contribution < 1.29 is 268 Å². The molecular formula is C85H112K3N13O24S6. The van der Waals surface area contributed by atoms with Gasteiger partial charge < -0.3 is 87.1 Å². The molecule has 46 heteroatoms. The predicted octanol–water partition coefficient (Wildman–Crippen LogP) is -6.06. The molecular weight excluding hydrogens is 1900 g/mol. The fourth-order valence-electron chi connectivity index (χ4n) is 15.9. The van der Waals surface area contributed by atoms with Crippen LogP contribution in [0.2, 0.25) is 0 Å². The zero-order chi connectivity index (χ0) is 94.1. The van der Waals surface area contributed by atoms with Crippen LogP contribution in [0.3, 0.4) is 0 Å². The molecule has 700 valence electrons. The Labute approximate surface area is 900 Å². The van der Waals surface area contributed by atoms with Crippen LogP contribution in [-0.2, 0) is 117 Å². The molecule has 8 rings (SSSR count). The van der Waals surface area contributed by atoms with Gasteiger partial charge in [0.2, 0.25) is 70.7 Å². The number of phenols is 1. The van der Waals surface area contributed by atoms with Crippen molar-refractivity contribution >= 4 is 144 Å². The summed E-state index contributed by atoms with van der Waals surface area (Å²) in [5.41, 5.74) is 13.4. The number of nitrogens with one attached hydrogen (secondary N) is 8. The fourth-order valence-corrected chi connectivity index (χ4v) is 20.1. The van der Waals surface area contributed by atoms with Crippen molar-refractivity contribution in [2.75, 3.05) is 60.6 Å². The molecule has 0 saturated carbocycles. The minimum absolute atomic E-state index is 0. The number of hydrogen-bond donors (Lipinski definition) is 11. The van der Waals surface area contributed by atoms with Crippen molar-refractivity contribution in [3.63, 3.8) is 0 Å². The van der Waals surface area contributed by atoms with Gasteiger partial charge in [-0.25, -0.2) is 33.7 Å². The number of likely N-dealkylation sites (tertiary alicyclic amines) is 1. The number of unbranched alkanes of at least 4 members (excludes halogenated alkanes) is 5. The molecule has 4 aliphatic heterocycles. The molecule has 131 heavy (non-hydrogen) atoms. The van der Waals surface area contributed by atoms with E-state index < -0.39 is 187 Å². The van der Waals surface area contributed by atoms with Crippen molar-refractivity contribution in [2.24, 2.45) is 17.4 Å². The number of fused-ring (bicyclic) bond motifs is 2. The summed E-state index contributed by atoms with van der Waals surface area (Å²) >= 11 is 0. The summed E-state index contributed by atoms with van der Waals surface area (Å²) in [6, 6.07) is 12.6. The Morgan fingerprint density at radius 3 is 1.86 bits per heavy atom. The van der Waals surface area contributed by atoms with Gasteiger partial charge in [-0.05, 0) is 163 Å². The number of primary amides is 2. The first-order valence-electron chi connectivity index (χ1n) is 42.1. The third-order valence-electron chi connectivity index (χ3n) is 22.3. The van der Waals surface area contributed by atoms with E-state index in [1.807, 2.05) is 16.4 Å². The van der Waals surface area contributed by atoms with Gasteiger partial charge in [0.1, 0.15) is 74.8 Å². The van der Waals surface area contributed by atoms with Crippen molar-refractivity contribution in [3.05, 3.63) is 149 Å². The molecule has 2 fully saturated rings. The number of hydrogen-bond acceptors (Lipinski definition) is 27. The van der Waals surface area contributed by atoms with Crippen LogP contribution in [0, 0.1) is 5.92 Å². The van der Waals surface area contributed by atoms with Gasteiger partial charge in [0.05, 0.1) is 48.4 Å². The molecule has 0 radical (unpaired) electrons. The average Bonchev–Trinajstić information content (AvgIpc) is 1.59. The maximum absolute atomic E-state index is 15.0. The molecule has 4 heterocycles. The Morgan fingerprint density at radius 2 is 1.24 bits per heavy atom. The average molecular weight is 2010 g/mol. The second kappa shape index (κ2) is 54.2. The number of nitrogens with two attached hydrogens (primary N) is 2. The van der Waals surface area contributed by atoms with Crippen molar-refractivity contribution in [2.45, 2.75) is 220 Å². The van der Waals surface area contributed by atoms with E-state index in [0.29, 0.717) is 70.7 Å². The van der Waals surface area contributed by atoms with Crippen LogP contribution >= 0.6 is 21.6 Å². The summed E-state index contributed by atoms with van der Waals surface area (Å²) in [6.07, 6.45) is 10.1. The Hall–Kier alpha value is -5.21. The largest absolute Gasteiger partial charge is 1.00 e. The molecule has 2 saturated heterocycles. The molecule has 0 spiro atoms. The number of amides is 11. The topological polar surface area (TPSA) is 595 Å². The van der Waals surface area contributed by atoms with Crippen molar-refractivity contribution in [3.8, 4) is 5.75 Å². The molecule has 0 bridgehead atoms. The molecule has 0 aliphatic carbocycles. The summed E-state index contributed by atoms with van der Waals surface area (Å²) < 4.78 is 146. The zero-order valence-electron chi connectivity index (χ0n) is 74.7. The summed E-state index contributed by atoms with van der Waals surface area (Å²) in [6.45, 7) is 8.78. The first-order chi connectivity index (χ1) is 60.2. The van der Waals surface area contributed by atoms with Gasteiger partial charge in [-0.3, -0.25) is 52.7 Å². The van der Waals surface area contributed by atoms with Gasteiger partial charge in [0.25, 0.3) is 0 Å². The van der Waals surface area contributed by atoms with Crippen LogP contribution in [0.25, 0.3) is 0 Å². The molecule has 13 N–H and O–H groups in total. The maximum Gasteiger partial charge on any atom is 1.00 e. The number of nitrogens with zero attached hydrogens (tertiary/aromatic N) is 3. The monoisotopic (exact) mass is 2010 g/mol. The van der Waals surface area contributed by atoms with Crippen molar-refractivity contribution in [1.29, 1.82) is 0 Å². The van der Waals surface area contributed by atoms with E-state index in [-0.39, 0.29) is 299 Å². The molecule has 4 aromatic carbocycles. The third-order valence-corrected chi connectivity index (χ3v) is 28.0. The number of phenolic OH excluding ortho intramolecular Hbond substituents is 1. The normalized spacial score (nSPS) is 20.7. The van der Waals surface area contributed by atoms with E-state index in [2.05, 4.69) is 42.5 Å². The van der Waals surface area contributed by atoms with Gasteiger partial charge >= 0.3 is 154 Å². The van der Waals surface area contributed by atoms with Crippen LogP contribution in [0.5, 0.6) is 5.75 Å². The minimum Gasteiger partial charge on any atom is -0.748 e. The van der Waals surface area contributed by atoms with Gasteiger partial charge in [-0.2, -0.15) is 4.58 Å². The number of carbonyl (C=O) groups is 11. The summed E-state index contributed by atoms with van der Waals surface area (Å²) in [7, 11) is -16.8. The van der Waals surface area contributed by atoms with Gasteiger partial charge in [0, 0.05) is 109 Å². The molecule has 8 atom stereocenters. The van der Waals surface area contributed by atoms with Crippen molar-refractivity contribution in [1.82, 2.24) is 47.4 Å². The molecule has 11 amide bonds. The van der Waals surface area contributed by atoms with Gasteiger partial charge in [0.15, 0.2) is 5.71 Å². The van der Waals surface area contributed by atoms with E-state index in [1.165, 1.54) is 47.4 Å². The molecule has 37 nitrogen and oxygen atoms in total. The quantitative estimate of drug-likeness (QED) is 0.00493. The number of anilines is 1. The van der Waals surface area contributed by atoms with E-state index in [1.54, 1.807) is 101 Å². The van der Waals surface area contributed by atoms with E-state index >= 15 is 4.79 Å². The number of rotatable bonds is 40. The van der Waals surface area contributed by atoms with E-state index in [4.69, 9.17) is 11.5 Å². The summed E-state index contributed by atoms with van der Waals surface area (Å²) in [4.78, 5) is 155. The van der Waals surface area contributed by atoms with Crippen LogP contribution in [0.15, 0.2) is 137 Å². The van der Waals surface area contributed by atoms with Crippen LogP contribution in [0.4, 0.5) is 11.4 Å². The Balaban J connectivity index is 0.0000101. The van der Waals surface area contributed by atoms with E-state index in [9.17, 15) is 105 Å².